The van der Waals surface area contributed by atoms with Crippen LogP contribution in [0.25, 0.3) is 23.1 Å². The fourth-order valence-electron chi connectivity index (χ4n) is 5.84. The molecule has 2 aromatic heterocycles. The summed E-state index contributed by atoms with van der Waals surface area (Å²) >= 11 is 1.32. The van der Waals surface area contributed by atoms with Gasteiger partial charge in [0.25, 0.3) is 11.2 Å². The molecule has 2 aliphatic rings. The molecule has 0 fully saturated rings. The van der Waals surface area contributed by atoms with Gasteiger partial charge in [-0.3, -0.25) is 19.5 Å². The predicted octanol–water partition coefficient (Wildman–Crippen LogP) is 5.50. The number of aromatic nitrogens is 1. The van der Waals surface area contributed by atoms with Crippen LogP contribution < -0.4 is 24.4 Å². The molecule has 0 N–H and O–H groups in total. The molecule has 43 heavy (non-hydrogen) atoms. The van der Waals surface area contributed by atoms with Crippen LogP contribution in [-0.2, 0) is 6.42 Å². The fraction of sp³-hybridized carbons (Fsp3) is 0.152. The van der Waals surface area contributed by atoms with Crippen molar-refractivity contribution in [2.75, 3.05) is 14.2 Å². The zero-order valence-electron chi connectivity index (χ0n) is 23.3. The molecule has 0 spiro atoms. The average Bonchev–Trinajstić information content (AvgIpc) is 3.63. The molecular weight excluding hydrogens is 566 g/mol. The second-order valence-corrected chi connectivity index (χ2v) is 11.2. The van der Waals surface area contributed by atoms with E-state index in [9.17, 15) is 14.9 Å². The molecule has 9 nitrogen and oxygen atoms in total. The topological polar surface area (TPSA) is 109 Å². The minimum atomic E-state index is -0.477. The van der Waals surface area contributed by atoms with Crippen molar-refractivity contribution in [1.29, 1.82) is 0 Å². The normalized spacial score (nSPS) is 15.8. The van der Waals surface area contributed by atoms with Crippen molar-refractivity contribution in [3.63, 3.8) is 0 Å². The van der Waals surface area contributed by atoms with E-state index in [2.05, 4.69) is 12.1 Å². The fourth-order valence-corrected chi connectivity index (χ4v) is 6.82. The molecule has 5 aromatic rings. The minimum Gasteiger partial charge on any atom is -0.497 e. The SMILES string of the molecule is COc1cccc([C@H]2C3=C(N=c4s/c(=C/c5ccc(-c6ccc([N+](=O)[O-])cc6OC)o5)c(=O)n42)c2ccccc2CC3)c1. The van der Waals surface area contributed by atoms with Crippen LogP contribution in [-0.4, -0.2) is 23.7 Å². The number of benzene rings is 3. The summed E-state index contributed by atoms with van der Waals surface area (Å²) in [7, 11) is 3.08. The molecule has 3 aromatic carbocycles. The quantitative estimate of drug-likeness (QED) is 0.191. The number of thiazole rings is 1. The number of hydrogen-bond acceptors (Lipinski definition) is 8. The summed E-state index contributed by atoms with van der Waals surface area (Å²) in [6.45, 7) is 0. The number of non-ortho nitro benzene ring substituents is 1. The molecule has 3 heterocycles. The van der Waals surface area contributed by atoms with E-state index < -0.39 is 4.92 Å². The molecule has 0 amide bonds. The summed E-state index contributed by atoms with van der Waals surface area (Å²) in [5, 5.41) is 11.2. The molecule has 10 heteroatoms. The Labute approximate surface area is 249 Å². The molecule has 1 aliphatic heterocycles. The Morgan fingerprint density at radius 1 is 1.00 bits per heavy atom. The van der Waals surface area contributed by atoms with Gasteiger partial charge in [-0.15, -0.1) is 0 Å². The van der Waals surface area contributed by atoms with Gasteiger partial charge in [-0.2, -0.15) is 0 Å². The van der Waals surface area contributed by atoms with Crippen LogP contribution in [0.1, 0.15) is 34.9 Å². The van der Waals surface area contributed by atoms with Gasteiger partial charge in [0.05, 0.1) is 47.0 Å². The first kappa shape index (κ1) is 26.7. The summed E-state index contributed by atoms with van der Waals surface area (Å²) < 4.78 is 19.3. The summed E-state index contributed by atoms with van der Waals surface area (Å²) in [5.74, 6) is 1.97. The van der Waals surface area contributed by atoms with Crippen LogP contribution in [0.15, 0.2) is 98.6 Å². The van der Waals surface area contributed by atoms with E-state index in [4.69, 9.17) is 18.9 Å². The number of rotatable bonds is 6. The molecule has 0 saturated heterocycles. The highest BCUT2D eigenvalue weighted by Crippen LogP contribution is 2.41. The van der Waals surface area contributed by atoms with E-state index in [1.165, 1.54) is 36.1 Å². The summed E-state index contributed by atoms with van der Waals surface area (Å²) in [6.07, 6.45) is 3.38. The highest BCUT2D eigenvalue weighted by atomic mass is 32.1. The van der Waals surface area contributed by atoms with E-state index in [1.54, 1.807) is 36.0 Å². The Bertz CT molecular complexity index is 2140. The van der Waals surface area contributed by atoms with Crippen LogP contribution in [0.3, 0.4) is 0 Å². The number of nitro benzene ring substituents is 1. The first-order valence-electron chi connectivity index (χ1n) is 13.6. The van der Waals surface area contributed by atoms with Crippen LogP contribution in [0.2, 0.25) is 0 Å². The van der Waals surface area contributed by atoms with Gasteiger partial charge in [-0.05, 0) is 59.9 Å². The van der Waals surface area contributed by atoms with Gasteiger partial charge < -0.3 is 13.9 Å². The van der Waals surface area contributed by atoms with Crippen molar-refractivity contribution < 1.29 is 18.8 Å². The molecule has 0 saturated carbocycles. The zero-order valence-corrected chi connectivity index (χ0v) is 24.1. The Balaban J connectivity index is 1.37. The number of methoxy groups -OCH3 is 2. The second-order valence-electron chi connectivity index (χ2n) is 10.2. The maximum atomic E-state index is 14.1. The third-order valence-electron chi connectivity index (χ3n) is 7.84. The molecule has 214 valence electrons. The van der Waals surface area contributed by atoms with E-state index in [1.807, 2.05) is 36.4 Å². The maximum Gasteiger partial charge on any atom is 0.273 e. The number of aryl methyl sites for hydroxylation is 1. The summed E-state index contributed by atoms with van der Waals surface area (Å²) in [5.41, 5.74) is 5.67. The van der Waals surface area contributed by atoms with Crippen molar-refractivity contribution in [3.05, 3.63) is 137 Å². The predicted molar refractivity (Wildman–Crippen MR) is 163 cm³/mol. The van der Waals surface area contributed by atoms with Gasteiger partial charge in [0.2, 0.25) is 0 Å². The number of fused-ring (bicyclic) bond motifs is 3. The van der Waals surface area contributed by atoms with Crippen molar-refractivity contribution in [3.8, 4) is 22.8 Å². The van der Waals surface area contributed by atoms with Crippen LogP contribution in [0.5, 0.6) is 11.5 Å². The third kappa shape index (κ3) is 4.56. The van der Waals surface area contributed by atoms with Gasteiger partial charge in [0, 0.05) is 17.7 Å². The Kier molecular flexibility index (Phi) is 6.55. The molecule has 1 aliphatic carbocycles. The van der Waals surface area contributed by atoms with Crippen LogP contribution >= 0.6 is 11.3 Å². The Hall–Kier alpha value is -5.22. The molecular formula is C33H25N3O6S. The van der Waals surface area contributed by atoms with Crippen molar-refractivity contribution in [2.45, 2.75) is 18.9 Å². The monoisotopic (exact) mass is 591 g/mol. The van der Waals surface area contributed by atoms with E-state index >= 15 is 0 Å². The summed E-state index contributed by atoms with van der Waals surface area (Å²) in [6, 6.07) is 23.7. The molecule has 1 atom stereocenters. The van der Waals surface area contributed by atoms with Crippen molar-refractivity contribution in [1.82, 2.24) is 4.57 Å². The van der Waals surface area contributed by atoms with Crippen LogP contribution in [0.4, 0.5) is 5.69 Å². The number of hydrogen-bond donors (Lipinski definition) is 0. The average molecular weight is 592 g/mol. The smallest absolute Gasteiger partial charge is 0.273 e. The first-order chi connectivity index (χ1) is 20.9. The lowest BCUT2D eigenvalue weighted by Gasteiger charge is -2.31. The Morgan fingerprint density at radius 3 is 2.67 bits per heavy atom. The van der Waals surface area contributed by atoms with Crippen LogP contribution in [0, 0.1) is 10.1 Å². The van der Waals surface area contributed by atoms with Gasteiger partial charge in [-0.25, -0.2) is 4.99 Å². The largest absolute Gasteiger partial charge is 0.497 e. The number of furan rings is 1. The molecule has 0 radical (unpaired) electrons. The number of ether oxygens (including phenoxy) is 2. The first-order valence-corrected chi connectivity index (χ1v) is 14.5. The third-order valence-corrected chi connectivity index (χ3v) is 8.83. The second kappa shape index (κ2) is 10.6. The lowest BCUT2D eigenvalue weighted by atomic mass is 9.83. The van der Waals surface area contributed by atoms with E-state index in [-0.39, 0.29) is 17.3 Å². The Morgan fingerprint density at radius 2 is 1.86 bits per heavy atom. The lowest BCUT2D eigenvalue weighted by molar-refractivity contribution is -0.384. The highest BCUT2D eigenvalue weighted by molar-refractivity contribution is 7.07. The van der Waals surface area contributed by atoms with Crippen molar-refractivity contribution >= 4 is 28.8 Å². The molecule has 0 bridgehead atoms. The number of allylic oxidation sites excluding steroid dienone is 1. The van der Waals surface area contributed by atoms with Gasteiger partial charge in [-0.1, -0.05) is 47.7 Å². The van der Waals surface area contributed by atoms with E-state index in [0.717, 1.165) is 41.0 Å². The number of nitrogens with zero attached hydrogens (tertiary/aromatic N) is 3. The highest BCUT2D eigenvalue weighted by Gasteiger charge is 2.32. The standard InChI is InChI=1S/C33H25N3O6S/c1-40-22-8-5-7-20(16-22)31-26-13-10-19-6-3-4-9-24(19)30(26)34-33-35(31)32(37)29(43-33)18-23-12-15-27(42-23)25-14-11-21(36(38)39)17-28(25)41-2/h3-9,11-12,14-18,31H,10,13H2,1-2H3/b29-18+/t31-/m0/s1. The van der Waals surface area contributed by atoms with Crippen molar-refractivity contribution in [2.24, 2.45) is 4.99 Å². The zero-order chi connectivity index (χ0) is 29.7. The summed E-state index contributed by atoms with van der Waals surface area (Å²) in [4.78, 5) is 30.5. The lowest BCUT2D eigenvalue weighted by Crippen LogP contribution is -2.38. The van der Waals surface area contributed by atoms with Gasteiger partial charge in [0.15, 0.2) is 4.80 Å². The molecule has 7 rings (SSSR count). The minimum absolute atomic E-state index is 0.0793. The van der Waals surface area contributed by atoms with Gasteiger partial charge >= 0.3 is 0 Å². The number of nitro groups is 1. The van der Waals surface area contributed by atoms with Gasteiger partial charge in [0.1, 0.15) is 23.0 Å². The maximum absolute atomic E-state index is 14.1. The van der Waals surface area contributed by atoms with E-state index in [0.29, 0.717) is 32.2 Å². The molecule has 0 unspecified atom stereocenters.